The van der Waals surface area contributed by atoms with Crippen molar-refractivity contribution < 1.29 is 9.90 Å². The first-order valence-electron chi connectivity index (χ1n) is 4.24. The summed E-state index contributed by atoms with van der Waals surface area (Å²) < 4.78 is 1.09. The number of nitrogens with zero attached hydrogens (tertiary/aromatic N) is 2. The van der Waals surface area contributed by atoms with Gasteiger partial charge in [-0.25, -0.2) is 4.98 Å². The summed E-state index contributed by atoms with van der Waals surface area (Å²) in [6.07, 6.45) is 3.45. The Morgan fingerprint density at radius 1 is 1.60 bits per heavy atom. The van der Waals surface area contributed by atoms with E-state index in [1.54, 1.807) is 23.7 Å². The largest absolute Gasteiger partial charge is 0.481 e. The van der Waals surface area contributed by atoms with Crippen LogP contribution in [0.4, 0.5) is 0 Å². The molecule has 0 aliphatic heterocycles. The third-order valence-electron chi connectivity index (χ3n) is 1.69. The van der Waals surface area contributed by atoms with Crippen molar-refractivity contribution in [1.82, 2.24) is 9.97 Å². The minimum atomic E-state index is -0.789. The molecule has 0 aromatic carbocycles. The predicted octanol–water partition coefficient (Wildman–Crippen LogP) is 2.01. The Morgan fingerprint density at radius 3 is 3.20 bits per heavy atom. The zero-order chi connectivity index (χ0) is 10.7. The topological polar surface area (TPSA) is 63.1 Å². The summed E-state index contributed by atoms with van der Waals surface area (Å²) in [5.41, 5.74) is 0.883. The summed E-state index contributed by atoms with van der Waals surface area (Å²) in [5.74, 6) is -0.0254. The first-order valence-corrected chi connectivity index (χ1v) is 6.22. The molecule has 0 bridgehead atoms. The molecule has 0 spiro atoms. The number of carboxylic acids is 1. The number of rotatable bonds is 4. The number of hydrogen-bond acceptors (Lipinski definition) is 5. The number of aliphatic carboxylic acids is 1. The van der Waals surface area contributed by atoms with Crippen molar-refractivity contribution in [1.29, 1.82) is 0 Å². The van der Waals surface area contributed by atoms with Gasteiger partial charge in [0.2, 0.25) is 0 Å². The number of aromatic nitrogens is 2. The van der Waals surface area contributed by atoms with E-state index in [1.807, 2.05) is 6.07 Å². The van der Waals surface area contributed by atoms with Crippen LogP contribution in [0.1, 0.15) is 5.01 Å². The first kappa shape index (κ1) is 10.4. The number of carbonyl (C=O) groups is 1. The molecule has 0 saturated heterocycles. The Hall–Kier alpha value is -1.14. The summed E-state index contributed by atoms with van der Waals surface area (Å²) in [4.78, 5) is 18.6. The van der Waals surface area contributed by atoms with E-state index >= 15 is 0 Å². The van der Waals surface area contributed by atoms with Crippen molar-refractivity contribution in [2.75, 3.05) is 5.75 Å². The predicted molar refractivity (Wildman–Crippen MR) is 61.2 cm³/mol. The molecule has 2 heterocycles. The van der Waals surface area contributed by atoms with E-state index < -0.39 is 5.97 Å². The molecule has 2 aromatic heterocycles. The van der Waals surface area contributed by atoms with Gasteiger partial charge in [-0.2, -0.15) is 0 Å². The molecule has 0 amide bonds. The lowest BCUT2D eigenvalue weighted by Crippen LogP contribution is -1.97. The second-order valence-corrected chi connectivity index (χ2v) is 4.94. The number of thioether (sulfide) groups is 1. The van der Waals surface area contributed by atoms with Crippen molar-refractivity contribution in [2.24, 2.45) is 0 Å². The Kier molecular flexibility index (Phi) is 3.17. The average molecular weight is 240 g/mol. The SMILES string of the molecule is O=C(O)CSCc1nc2cnccc2s1. The molecule has 0 unspecified atom stereocenters. The lowest BCUT2D eigenvalue weighted by molar-refractivity contribution is -0.133. The maximum absolute atomic E-state index is 10.3. The van der Waals surface area contributed by atoms with Gasteiger partial charge >= 0.3 is 5.97 Å². The van der Waals surface area contributed by atoms with Gasteiger partial charge in [-0.05, 0) is 6.07 Å². The van der Waals surface area contributed by atoms with Crippen molar-refractivity contribution in [3.05, 3.63) is 23.5 Å². The van der Waals surface area contributed by atoms with Crippen LogP contribution in [-0.4, -0.2) is 26.8 Å². The second-order valence-electron chi connectivity index (χ2n) is 2.84. The summed E-state index contributed by atoms with van der Waals surface area (Å²) in [6, 6.07) is 1.92. The van der Waals surface area contributed by atoms with Crippen LogP contribution < -0.4 is 0 Å². The second kappa shape index (κ2) is 4.59. The van der Waals surface area contributed by atoms with Gasteiger partial charge in [-0.3, -0.25) is 9.78 Å². The van der Waals surface area contributed by atoms with Gasteiger partial charge < -0.3 is 5.11 Å². The van der Waals surface area contributed by atoms with E-state index in [1.165, 1.54) is 11.8 Å². The highest BCUT2D eigenvalue weighted by Crippen LogP contribution is 2.23. The minimum absolute atomic E-state index is 0.119. The zero-order valence-corrected chi connectivity index (χ0v) is 9.35. The van der Waals surface area contributed by atoms with E-state index in [-0.39, 0.29) is 5.75 Å². The molecule has 4 nitrogen and oxygen atoms in total. The molecule has 0 saturated carbocycles. The fraction of sp³-hybridized carbons (Fsp3) is 0.222. The first-order chi connectivity index (χ1) is 7.25. The van der Waals surface area contributed by atoms with Crippen LogP contribution in [0.3, 0.4) is 0 Å². The van der Waals surface area contributed by atoms with E-state index in [9.17, 15) is 4.79 Å². The van der Waals surface area contributed by atoms with Crippen LogP contribution in [-0.2, 0) is 10.5 Å². The molecule has 0 fully saturated rings. The number of hydrogen-bond donors (Lipinski definition) is 1. The van der Waals surface area contributed by atoms with Crippen LogP contribution in [0.25, 0.3) is 10.2 Å². The van der Waals surface area contributed by atoms with Crippen LogP contribution in [0.15, 0.2) is 18.5 Å². The van der Waals surface area contributed by atoms with Crippen LogP contribution in [0.2, 0.25) is 0 Å². The molecule has 78 valence electrons. The summed E-state index contributed by atoms with van der Waals surface area (Å²) in [7, 11) is 0. The van der Waals surface area contributed by atoms with Crippen molar-refractivity contribution in [3.8, 4) is 0 Å². The quantitative estimate of drug-likeness (QED) is 0.885. The van der Waals surface area contributed by atoms with E-state index in [4.69, 9.17) is 5.11 Å². The standard InChI is InChI=1S/C9H8N2O2S2/c12-9(13)5-14-4-8-11-6-3-10-2-1-7(6)15-8/h1-3H,4-5H2,(H,12,13). The van der Waals surface area contributed by atoms with E-state index in [0.717, 1.165) is 15.2 Å². The molecule has 1 N–H and O–H groups in total. The Balaban J connectivity index is 2.05. The number of thiazole rings is 1. The summed E-state index contributed by atoms with van der Waals surface area (Å²) >= 11 is 2.94. The molecule has 0 radical (unpaired) electrons. The van der Waals surface area contributed by atoms with E-state index in [0.29, 0.717) is 5.75 Å². The smallest absolute Gasteiger partial charge is 0.313 e. The summed E-state index contributed by atoms with van der Waals surface area (Å²) in [5, 5.41) is 9.43. The normalized spacial score (nSPS) is 10.7. The highest BCUT2D eigenvalue weighted by Gasteiger charge is 2.04. The molecule has 6 heteroatoms. The number of pyridine rings is 1. The maximum Gasteiger partial charge on any atom is 0.313 e. The third-order valence-corrected chi connectivity index (χ3v) is 3.83. The monoisotopic (exact) mass is 240 g/mol. The fourth-order valence-corrected chi connectivity index (χ4v) is 2.85. The van der Waals surface area contributed by atoms with Crippen LogP contribution >= 0.6 is 23.1 Å². The van der Waals surface area contributed by atoms with Gasteiger partial charge in [-0.1, -0.05) is 0 Å². The molecule has 0 aliphatic carbocycles. The lowest BCUT2D eigenvalue weighted by Gasteiger charge is -1.92. The Bertz CT molecular complexity index is 451. The lowest BCUT2D eigenvalue weighted by atomic mass is 10.5. The molecule has 2 aromatic rings. The van der Waals surface area contributed by atoms with Gasteiger partial charge in [-0.15, -0.1) is 23.1 Å². The van der Waals surface area contributed by atoms with Gasteiger partial charge in [0.15, 0.2) is 0 Å². The van der Waals surface area contributed by atoms with Gasteiger partial charge in [0, 0.05) is 11.9 Å². The third kappa shape index (κ3) is 2.66. The number of carboxylic acid groups (broad SMARTS) is 1. The van der Waals surface area contributed by atoms with Crippen molar-refractivity contribution >= 4 is 39.3 Å². The van der Waals surface area contributed by atoms with Gasteiger partial charge in [0.05, 0.1) is 22.2 Å². The van der Waals surface area contributed by atoms with Crippen molar-refractivity contribution in [2.45, 2.75) is 5.75 Å². The Labute approximate surface area is 94.4 Å². The maximum atomic E-state index is 10.3. The molecule has 2 rings (SSSR count). The summed E-state index contributed by atoms with van der Waals surface area (Å²) in [6.45, 7) is 0. The van der Waals surface area contributed by atoms with Crippen molar-refractivity contribution in [3.63, 3.8) is 0 Å². The highest BCUT2D eigenvalue weighted by atomic mass is 32.2. The number of fused-ring (bicyclic) bond motifs is 1. The van der Waals surface area contributed by atoms with Crippen LogP contribution in [0, 0.1) is 0 Å². The molecule has 15 heavy (non-hydrogen) atoms. The average Bonchev–Trinajstić information content (AvgIpc) is 2.59. The van der Waals surface area contributed by atoms with Gasteiger partial charge in [0.25, 0.3) is 0 Å². The molecule has 0 atom stereocenters. The van der Waals surface area contributed by atoms with Crippen LogP contribution in [0.5, 0.6) is 0 Å². The molecule has 0 aliphatic rings. The fourth-order valence-electron chi connectivity index (χ4n) is 1.12. The van der Waals surface area contributed by atoms with Gasteiger partial charge in [0.1, 0.15) is 5.01 Å². The molecular formula is C9H8N2O2S2. The molecular weight excluding hydrogens is 232 g/mol. The Morgan fingerprint density at radius 2 is 2.47 bits per heavy atom. The minimum Gasteiger partial charge on any atom is -0.481 e. The zero-order valence-electron chi connectivity index (χ0n) is 7.71. The highest BCUT2D eigenvalue weighted by molar-refractivity contribution is 7.99. The van der Waals surface area contributed by atoms with E-state index in [2.05, 4.69) is 9.97 Å².